The minimum Gasteiger partial charge on any atom is -0.466 e. The minimum atomic E-state index is -3.92. The van der Waals surface area contributed by atoms with E-state index in [0.29, 0.717) is 24.0 Å². The lowest BCUT2D eigenvalue weighted by atomic mass is 9.90. The molecule has 14 nitrogen and oxygen atoms in total. The summed E-state index contributed by atoms with van der Waals surface area (Å²) in [6, 6.07) is 3.35. The number of fused-ring (bicyclic) bond motifs is 1. The second kappa shape index (κ2) is 16.0. The maximum Gasteiger partial charge on any atom is 0.410 e. The van der Waals surface area contributed by atoms with Crippen molar-refractivity contribution in [3.63, 3.8) is 0 Å². The number of carbonyl (C=O) groups is 6. The second-order valence-electron chi connectivity index (χ2n) is 15.5. The Labute approximate surface area is 314 Å². The highest BCUT2D eigenvalue weighted by atomic mass is 32.2. The number of methoxy groups -OCH3 is 1. The highest BCUT2D eigenvalue weighted by Gasteiger charge is 2.61. The highest BCUT2D eigenvalue weighted by Crippen LogP contribution is 2.57. The molecule has 4 aliphatic rings. The number of ether oxygens (including phenoxy) is 3. The van der Waals surface area contributed by atoms with Crippen LogP contribution in [0.3, 0.4) is 0 Å². The van der Waals surface area contributed by atoms with E-state index in [4.69, 9.17) is 9.47 Å². The molecule has 5 atom stereocenters. The largest absolute Gasteiger partial charge is 0.466 e. The molecule has 1 aromatic carbocycles. The Hall–Kier alpha value is -4.60. The minimum absolute atomic E-state index is 0.0278. The van der Waals surface area contributed by atoms with Crippen molar-refractivity contribution in [3.8, 4) is 0 Å². The maximum absolute atomic E-state index is 14.4. The number of likely N-dealkylation sites (tertiary alicyclic amines) is 1. The van der Waals surface area contributed by atoms with E-state index in [0.717, 1.165) is 0 Å². The van der Waals surface area contributed by atoms with Gasteiger partial charge in [-0.3, -0.25) is 28.8 Å². The van der Waals surface area contributed by atoms with Gasteiger partial charge >= 0.3 is 18.0 Å². The van der Waals surface area contributed by atoms with E-state index >= 15 is 0 Å². The number of ketones is 1. The zero-order valence-electron chi connectivity index (χ0n) is 31.0. The zero-order chi connectivity index (χ0) is 39.6. The summed E-state index contributed by atoms with van der Waals surface area (Å²) >= 11 is 0. The van der Waals surface area contributed by atoms with Crippen LogP contribution in [-0.4, -0.2) is 90.5 Å². The lowest BCUT2D eigenvalue weighted by Gasteiger charge is -2.29. The Morgan fingerprint density at radius 3 is 2.46 bits per heavy atom. The number of allylic oxidation sites excluding steroid dienone is 2. The summed E-state index contributed by atoms with van der Waals surface area (Å²) in [5.41, 5.74) is -1.26. The van der Waals surface area contributed by atoms with Gasteiger partial charge in [-0.2, -0.15) is 0 Å². The number of Topliss-reactive ketones (excluding diaryl/α,β-unsaturated/α-hetero) is 1. The first-order chi connectivity index (χ1) is 25.4. The Morgan fingerprint density at radius 1 is 1.13 bits per heavy atom. The number of benzene rings is 1. The lowest BCUT2D eigenvalue weighted by molar-refractivity contribution is -0.159. The first-order valence-electron chi connectivity index (χ1n) is 18.1. The molecular weight excluding hydrogens is 725 g/mol. The molecule has 1 N–H and O–H groups in total. The number of hydrogen-bond acceptors (Lipinski definition) is 11. The molecule has 0 bridgehead atoms. The van der Waals surface area contributed by atoms with Gasteiger partial charge in [0.1, 0.15) is 17.5 Å². The van der Waals surface area contributed by atoms with Crippen LogP contribution in [0, 0.1) is 23.1 Å². The SMILES string of the molecule is C=C[C@@H]1C[C@]1(CC(=O)[C@@H]1C[C@@H](OC(=O)N2Cc3cccc(F)c3C2)CN1C(=O)[C@H](CC/C=C/C(=O)OC)CC(=O)OC(C)(C)C)C(=O)NS(=O)(=O)C1CC1. The molecule has 3 amide bonds. The van der Waals surface area contributed by atoms with Crippen LogP contribution in [0.5, 0.6) is 0 Å². The average Bonchev–Trinajstić information content (AvgIpc) is 3.99. The Bertz CT molecular complexity index is 1840. The van der Waals surface area contributed by atoms with E-state index in [1.165, 1.54) is 41.2 Å². The highest BCUT2D eigenvalue weighted by molar-refractivity contribution is 7.90. The molecule has 0 aromatic heterocycles. The van der Waals surface area contributed by atoms with Gasteiger partial charge in [0.25, 0.3) is 0 Å². The predicted molar refractivity (Wildman–Crippen MR) is 191 cm³/mol. The molecule has 5 rings (SSSR count). The number of rotatable bonds is 15. The number of hydrogen-bond donors (Lipinski definition) is 1. The lowest BCUT2D eigenvalue weighted by Crippen LogP contribution is -2.46. The third kappa shape index (κ3) is 9.54. The predicted octanol–water partition coefficient (Wildman–Crippen LogP) is 3.86. The number of nitrogens with zero attached hydrogens (tertiary/aromatic N) is 2. The van der Waals surface area contributed by atoms with E-state index in [2.05, 4.69) is 16.0 Å². The molecule has 2 heterocycles. The number of sulfonamides is 1. The van der Waals surface area contributed by atoms with Crippen molar-refractivity contribution in [2.75, 3.05) is 13.7 Å². The van der Waals surface area contributed by atoms with E-state index in [-0.39, 0.29) is 51.7 Å². The van der Waals surface area contributed by atoms with Crippen molar-refractivity contribution in [1.29, 1.82) is 0 Å². The Morgan fingerprint density at radius 2 is 1.85 bits per heavy atom. The number of halogens is 1. The van der Waals surface area contributed by atoms with Gasteiger partial charge in [-0.05, 0) is 70.4 Å². The van der Waals surface area contributed by atoms with Gasteiger partial charge in [0.2, 0.25) is 21.8 Å². The van der Waals surface area contributed by atoms with Crippen molar-refractivity contribution < 1.29 is 55.8 Å². The van der Waals surface area contributed by atoms with Gasteiger partial charge in [-0.25, -0.2) is 22.4 Å². The number of esters is 2. The monoisotopic (exact) mass is 773 g/mol. The van der Waals surface area contributed by atoms with Crippen molar-refractivity contribution in [1.82, 2.24) is 14.5 Å². The van der Waals surface area contributed by atoms with E-state index in [9.17, 15) is 41.6 Å². The van der Waals surface area contributed by atoms with Gasteiger partial charge in [-0.15, -0.1) is 6.58 Å². The molecule has 1 saturated heterocycles. The van der Waals surface area contributed by atoms with Crippen LogP contribution in [0.1, 0.15) is 83.3 Å². The van der Waals surface area contributed by atoms with E-state index < -0.39 is 98.1 Å². The summed E-state index contributed by atoms with van der Waals surface area (Å²) in [5, 5.41) is -0.669. The third-order valence-corrected chi connectivity index (χ3v) is 12.1. The van der Waals surface area contributed by atoms with Gasteiger partial charge in [0.15, 0.2) is 5.78 Å². The van der Waals surface area contributed by atoms with Gasteiger partial charge in [-0.1, -0.05) is 24.3 Å². The van der Waals surface area contributed by atoms with Gasteiger partial charge < -0.3 is 19.1 Å². The fourth-order valence-corrected chi connectivity index (χ4v) is 8.53. The van der Waals surface area contributed by atoms with Crippen LogP contribution in [0.2, 0.25) is 0 Å². The van der Waals surface area contributed by atoms with Crippen molar-refractivity contribution in [2.45, 2.75) is 108 Å². The van der Waals surface area contributed by atoms with Crippen molar-refractivity contribution in [2.24, 2.45) is 17.3 Å². The standard InChI is InChI=1S/C38H48FN3O11S/c1-6-25-18-38(25,35(47)40-54(49,50)27-14-15-27)19-31(43)30-17-26(52-36(48)41-20-24-11-9-12-29(39)28(24)22-41)21-42(30)34(46)23(10-7-8-13-32(44)51-5)16-33(45)53-37(2,3)4/h6,8-9,11-13,23,25-27,30H,1,7,10,14-22H2,2-5H3,(H,40,47)/b13-8+/t23-,25-,26-,30+,38-/m1/s1. The molecule has 0 unspecified atom stereocenters. The fraction of sp³-hybridized carbons (Fsp3) is 0.579. The Balaban J connectivity index is 1.38. The quantitative estimate of drug-likeness (QED) is 0.118. The number of nitrogens with one attached hydrogen (secondary N) is 1. The summed E-state index contributed by atoms with van der Waals surface area (Å²) in [6.07, 6.45) is 2.82. The van der Waals surface area contributed by atoms with Crippen LogP contribution in [0.15, 0.2) is 43.0 Å². The number of amides is 3. The topological polar surface area (TPSA) is 183 Å². The van der Waals surface area contributed by atoms with Crippen LogP contribution in [0.25, 0.3) is 0 Å². The van der Waals surface area contributed by atoms with Crippen molar-refractivity contribution >= 4 is 45.7 Å². The fourth-order valence-electron chi connectivity index (χ4n) is 7.14. The maximum atomic E-state index is 14.4. The summed E-state index contributed by atoms with van der Waals surface area (Å²) in [7, 11) is -2.70. The summed E-state index contributed by atoms with van der Waals surface area (Å²) in [5.74, 6) is -5.21. The first kappa shape index (κ1) is 40.6. The molecule has 3 fully saturated rings. The summed E-state index contributed by atoms with van der Waals surface area (Å²) < 4.78 is 57.9. The van der Waals surface area contributed by atoms with Crippen LogP contribution in [-0.2, 0) is 61.3 Å². The molecule has 1 aromatic rings. The van der Waals surface area contributed by atoms with Gasteiger partial charge in [0.05, 0.1) is 43.3 Å². The van der Waals surface area contributed by atoms with Crippen LogP contribution in [0.4, 0.5) is 9.18 Å². The van der Waals surface area contributed by atoms with Gasteiger partial charge in [0, 0.05) is 36.9 Å². The molecule has 0 radical (unpaired) electrons. The number of carbonyl (C=O) groups excluding carboxylic acids is 6. The molecule has 0 spiro atoms. The second-order valence-corrected chi connectivity index (χ2v) is 17.5. The smallest absolute Gasteiger partial charge is 0.410 e. The molecule has 2 aliphatic heterocycles. The van der Waals surface area contributed by atoms with E-state index in [1.54, 1.807) is 32.9 Å². The normalized spacial score (nSPS) is 24.1. The summed E-state index contributed by atoms with van der Waals surface area (Å²) in [4.78, 5) is 82.7. The molecule has 2 aliphatic carbocycles. The molecule has 54 heavy (non-hydrogen) atoms. The third-order valence-electron chi connectivity index (χ3n) is 10.2. The van der Waals surface area contributed by atoms with Crippen LogP contribution >= 0.6 is 0 Å². The summed E-state index contributed by atoms with van der Waals surface area (Å²) in [6.45, 7) is 8.64. The first-order valence-corrected chi connectivity index (χ1v) is 19.6. The molecular formula is C38H48FN3O11S. The molecule has 16 heteroatoms. The average molecular weight is 774 g/mol. The molecule has 294 valence electrons. The zero-order valence-corrected chi connectivity index (χ0v) is 31.8. The van der Waals surface area contributed by atoms with E-state index in [1.807, 2.05) is 0 Å². The Kier molecular flexibility index (Phi) is 12.0. The van der Waals surface area contributed by atoms with Crippen molar-refractivity contribution in [3.05, 3.63) is 60.0 Å². The molecule has 2 saturated carbocycles. The van der Waals surface area contributed by atoms with Crippen LogP contribution < -0.4 is 4.72 Å².